The monoisotopic (exact) mass is 250 g/mol. The van der Waals surface area contributed by atoms with Crippen LogP contribution in [0.4, 0.5) is 5.95 Å². The molecule has 0 saturated heterocycles. The molecule has 0 bridgehead atoms. The maximum absolute atomic E-state index is 12.0. The largest absolute Gasteiger partial charge is 0.357 e. The fraction of sp³-hybridized carbons (Fsp3) is 0.615. The first kappa shape index (κ1) is 14.4. The molecule has 0 fully saturated rings. The van der Waals surface area contributed by atoms with Gasteiger partial charge in [-0.2, -0.15) is 0 Å². The Labute approximate surface area is 108 Å². The van der Waals surface area contributed by atoms with Crippen LogP contribution in [0.25, 0.3) is 0 Å². The zero-order chi connectivity index (χ0) is 13.5. The van der Waals surface area contributed by atoms with Crippen LogP contribution in [0, 0.1) is 12.8 Å². The van der Waals surface area contributed by atoms with Gasteiger partial charge < -0.3 is 10.6 Å². The summed E-state index contributed by atoms with van der Waals surface area (Å²) >= 11 is 0. The molecular weight excluding hydrogens is 228 g/mol. The Kier molecular flexibility index (Phi) is 5.55. The van der Waals surface area contributed by atoms with Gasteiger partial charge in [0.15, 0.2) is 0 Å². The van der Waals surface area contributed by atoms with Gasteiger partial charge in [-0.25, -0.2) is 9.97 Å². The van der Waals surface area contributed by atoms with Crippen molar-refractivity contribution in [2.45, 2.75) is 33.6 Å². The minimum atomic E-state index is -0.135. The van der Waals surface area contributed by atoms with Crippen LogP contribution in [-0.4, -0.2) is 29.5 Å². The molecule has 0 aliphatic heterocycles. The highest BCUT2D eigenvalue weighted by atomic mass is 16.1. The van der Waals surface area contributed by atoms with E-state index in [1.54, 1.807) is 13.1 Å². The number of hydrogen-bond donors (Lipinski definition) is 2. The summed E-state index contributed by atoms with van der Waals surface area (Å²) in [4.78, 5) is 20.3. The fourth-order valence-corrected chi connectivity index (χ4v) is 1.70. The Morgan fingerprint density at radius 3 is 2.56 bits per heavy atom. The quantitative estimate of drug-likeness (QED) is 0.810. The van der Waals surface area contributed by atoms with Gasteiger partial charge in [-0.15, -0.1) is 0 Å². The Morgan fingerprint density at radius 1 is 1.33 bits per heavy atom. The van der Waals surface area contributed by atoms with Crippen molar-refractivity contribution < 1.29 is 4.79 Å². The van der Waals surface area contributed by atoms with E-state index in [-0.39, 0.29) is 5.91 Å². The van der Waals surface area contributed by atoms with E-state index in [1.165, 1.54) is 0 Å². The van der Waals surface area contributed by atoms with Crippen LogP contribution in [0.15, 0.2) is 6.07 Å². The third kappa shape index (κ3) is 3.98. The highest BCUT2D eigenvalue weighted by molar-refractivity contribution is 5.92. The third-order valence-corrected chi connectivity index (χ3v) is 3.02. The zero-order valence-electron chi connectivity index (χ0n) is 11.6. The molecule has 0 unspecified atom stereocenters. The maximum Gasteiger partial charge on any atom is 0.270 e. The van der Waals surface area contributed by atoms with Gasteiger partial charge in [0.25, 0.3) is 5.91 Å². The molecule has 18 heavy (non-hydrogen) atoms. The SMILES string of the molecule is CCC(CC)CNC(=O)c1cc(C)nc(NC)n1. The molecule has 0 spiro atoms. The highest BCUT2D eigenvalue weighted by Gasteiger charge is 2.11. The highest BCUT2D eigenvalue weighted by Crippen LogP contribution is 2.07. The van der Waals surface area contributed by atoms with Crippen LogP contribution in [0.2, 0.25) is 0 Å². The van der Waals surface area contributed by atoms with E-state index in [2.05, 4.69) is 34.4 Å². The van der Waals surface area contributed by atoms with Gasteiger partial charge in [-0.05, 0) is 18.9 Å². The average molecular weight is 250 g/mol. The van der Waals surface area contributed by atoms with Crippen molar-refractivity contribution in [3.05, 3.63) is 17.5 Å². The van der Waals surface area contributed by atoms with E-state index in [1.807, 2.05) is 6.92 Å². The second kappa shape index (κ2) is 6.93. The van der Waals surface area contributed by atoms with E-state index in [9.17, 15) is 4.79 Å². The average Bonchev–Trinajstić information content (AvgIpc) is 2.38. The lowest BCUT2D eigenvalue weighted by Crippen LogP contribution is -2.29. The molecule has 2 N–H and O–H groups in total. The van der Waals surface area contributed by atoms with Crippen LogP contribution in [-0.2, 0) is 0 Å². The number of nitrogens with zero attached hydrogens (tertiary/aromatic N) is 2. The summed E-state index contributed by atoms with van der Waals surface area (Å²) < 4.78 is 0. The molecular formula is C13H22N4O. The summed E-state index contributed by atoms with van der Waals surface area (Å²) in [5.74, 6) is 0.868. The fourth-order valence-electron chi connectivity index (χ4n) is 1.70. The lowest BCUT2D eigenvalue weighted by Gasteiger charge is -2.13. The van der Waals surface area contributed by atoms with Gasteiger partial charge >= 0.3 is 0 Å². The van der Waals surface area contributed by atoms with E-state index in [0.29, 0.717) is 24.1 Å². The van der Waals surface area contributed by atoms with Crippen LogP contribution in [0.5, 0.6) is 0 Å². The summed E-state index contributed by atoms with van der Waals surface area (Å²) in [6.07, 6.45) is 2.14. The van der Waals surface area contributed by atoms with Gasteiger partial charge in [-0.3, -0.25) is 4.79 Å². The zero-order valence-corrected chi connectivity index (χ0v) is 11.6. The van der Waals surface area contributed by atoms with Crippen molar-refractivity contribution in [3.8, 4) is 0 Å². The molecule has 0 aliphatic rings. The molecule has 1 heterocycles. The summed E-state index contributed by atoms with van der Waals surface area (Å²) in [6, 6.07) is 1.70. The minimum absolute atomic E-state index is 0.135. The van der Waals surface area contributed by atoms with Gasteiger partial charge in [-0.1, -0.05) is 26.7 Å². The number of amides is 1. The van der Waals surface area contributed by atoms with E-state index in [0.717, 1.165) is 18.5 Å². The topological polar surface area (TPSA) is 66.9 Å². The Morgan fingerprint density at radius 2 is 2.00 bits per heavy atom. The molecule has 0 radical (unpaired) electrons. The van der Waals surface area contributed by atoms with Crippen molar-refractivity contribution in [2.24, 2.45) is 5.92 Å². The van der Waals surface area contributed by atoms with Crippen LogP contribution < -0.4 is 10.6 Å². The molecule has 5 nitrogen and oxygen atoms in total. The molecule has 0 saturated carbocycles. The second-order valence-electron chi connectivity index (χ2n) is 4.36. The molecule has 0 aliphatic carbocycles. The smallest absolute Gasteiger partial charge is 0.270 e. The van der Waals surface area contributed by atoms with Crippen LogP contribution in [0.3, 0.4) is 0 Å². The van der Waals surface area contributed by atoms with Gasteiger partial charge in [0.2, 0.25) is 5.95 Å². The van der Waals surface area contributed by atoms with Crippen molar-refractivity contribution >= 4 is 11.9 Å². The summed E-state index contributed by atoms with van der Waals surface area (Å²) in [7, 11) is 1.74. The first-order chi connectivity index (χ1) is 8.60. The lowest BCUT2D eigenvalue weighted by atomic mass is 10.0. The molecule has 100 valence electrons. The standard InChI is InChI=1S/C13H22N4O/c1-5-10(6-2)8-15-12(18)11-7-9(3)16-13(14-4)17-11/h7,10H,5-6,8H2,1-4H3,(H,15,18)(H,14,16,17). The molecule has 0 atom stereocenters. The number of rotatable bonds is 6. The summed E-state index contributed by atoms with van der Waals surface area (Å²) in [5, 5.41) is 5.77. The van der Waals surface area contributed by atoms with E-state index in [4.69, 9.17) is 0 Å². The van der Waals surface area contributed by atoms with E-state index < -0.39 is 0 Å². The second-order valence-corrected chi connectivity index (χ2v) is 4.36. The van der Waals surface area contributed by atoms with Crippen LogP contribution in [0.1, 0.15) is 42.9 Å². The predicted molar refractivity (Wildman–Crippen MR) is 72.7 cm³/mol. The first-order valence-corrected chi connectivity index (χ1v) is 6.42. The summed E-state index contributed by atoms with van der Waals surface area (Å²) in [6.45, 7) is 6.81. The van der Waals surface area contributed by atoms with Gasteiger partial charge in [0.1, 0.15) is 5.69 Å². The Bertz CT molecular complexity index is 402. The number of aryl methyl sites for hydroxylation is 1. The molecule has 1 rings (SSSR count). The molecule has 0 aromatic carbocycles. The number of anilines is 1. The van der Waals surface area contributed by atoms with Gasteiger partial charge in [0.05, 0.1) is 0 Å². The Hall–Kier alpha value is -1.65. The number of carbonyl (C=O) groups excluding carboxylic acids is 1. The van der Waals surface area contributed by atoms with E-state index >= 15 is 0 Å². The predicted octanol–water partition coefficient (Wildman–Crippen LogP) is 1.99. The molecule has 5 heteroatoms. The maximum atomic E-state index is 12.0. The summed E-state index contributed by atoms with van der Waals surface area (Å²) in [5.41, 5.74) is 1.19. The molecule has 1 aromatic rings. The third-order valence-electron chi connectivity index (χ3n) is 3.02. The van der Waals surface area contributed by atoms with Crippen LogP contribution >= 0.6 is 0 Å². The Balaban J connectivity index is 2.69. The van der Waals surface area contributed by atoms with Gasteiger partial charge in [0, 0.05) is 19.3 Å². The number of hydrogen-bond acceptors (Lipinski definition) is 4. The lowest BCUT2D eigenvalue weighted by molar-refractivity contribution is 0.0941. The van der Waals surface area contributed by atoms with Crippen molar-refractivity contribution in [3.63, 3.8) is 0 Å². The van der Waals surface area contributed by atoms with Crippen molar-refractivity contribution in [2.75, 3.05) is 18.9 Å². The number of aromatic nitrogens is 2. The van der Waals surface area contributed by atoms with Crippen molar-refractivity contribution in [1.82, 2.24) is 15.3 Å². The van der Waals surface area contributed by atoms with Crippen molar-refractivity contribution in [1.29, 1.82) is 0 Å². The number of nitrogens with one attached hydrogen (secondary N) is 2. The minimum Gasteiger partial charge on any atom is -0.357 e. The normalized spacial score (nSPS) is 10.5. The first-order valence-electron chi connectivity index (χ1n) is 6.42. The molecule has 1 amide bonds. The number of carbonyl (C=O) groups is 1. The molecule has 1 aromatic heterocycles.